The zero-order valence-corrected chi connectivity index (χ0v) is 14.9. The molecule has 2 rings (SSSR count). The van der Waals surface area contributed by atoms with Gasteiger partial charge in [-0.05, 0) is 13.3 Å². The van der Waals surface area contributed by atoms with Crippen LogP contribution in [0.3, 0.4) is 0 Å². The number of nitrogens with zero attached hydrogens (tertiary/aromatic N) is 4. The van der Waals surface area contributed by atoms with Crippen molar-refractivity contribution in [3.63, 3.8) is 0 Å². The van der Waals surface area contributed by atoms with Crippen molar-refractivity contribution in [1.82, 2.24) is 19.5 Å². The number of hydrogen-bond donors (Lipinski definition) is 1. The maximum absolute atomic E-state index is 11.4. The molecular weight excluding hydrogens is 342 g/mol. The van der Waals surface area contributed by atoms with Gasteiger partial charge in [0.05, 0.1) is 25.7 Å². The highest BCUT2D eigenvalue weighted by atomic mass is 16.7. The number of carbonyl (C=O) groups is 2. The minimum absolute atomic E-state index is 0.0829. The largest absolute Gasteiger partial charge is 0.508 e. The van der Waals surface area contributed by atoms with Crippen LogP contribution in [0, 0.1) is 5.92 Å². The summed E-state index contributed by atoms with van der Waals surface area (Å²) in [6, 6.07) is 0. The number of fused-ring (bicyclic) bond motifs is 1. The topological polar surface area (TPSA) is 131 Å². The summed E-state index contributed by atoms with van der Waals surface area (Å²) in [6.07, 6.45) is 3.31. The molecule has 0 bridgehead atoms. The predicted octanol–water partition coefficient (Wildman–Crippen LogP) is 1.54. The van der Waals surface area contributed by atoms with E-state index in [0.29, 0.717) is 24.1 Å². The van der Waals surface area contributed by atoms with E-state index in [-0.39, 0.29) is 44.1 Å². The summed E-state index contributed by atoms with van der Waals surface area (Å²) >= 11 is 0. The van der Waals surface area contributed by atoms with E-state index in [1.54, 1.807) is 26.4 Å². The van der Waals surface area contributed by atoms with Gasteiger partial charge in [-0.15, -0.1) is 0 Å². The van der Waals surface area contributed by atoms with Crippen LogP contribution in [0.2, 0.25) is 0 Å². The minimum atomic E-state index is -0.743. The fraction of sp³-hybridized carbons (Fsp3) is 0.562. The van der Waals surface area contributed by atoms with Crippen LogP contribution in [0.25, 0.3) is 11.2 Å². The SMILES string of the molecule is CCOC(=O)OCC(CCn1cnc2cnc(N)nc21)COC(=O)CC. The molecule has 0 amide bonds. The quantitative estimate of drug-likeness (QED) is 0.657. The Hall–Kier alpha value is -2.91. The van der Waals surface area contributed by atoms with Crippen LogP contribution >= 0.6 is 0 Å². The van der Waals surface area contributed by atoms with Crippen LogP contribution in [0.15, 0.2) is 12.5 Å². The predicted molar refractivity (Wildman–Crippen MR) is 92.1 cm³/mol. The highest BCUT2D eigenvalue weighted by Crippen LogP contribution is 2.14. The molecule has 0 aliphatic carbocycles. The van der Waals surface area contributed by atoms with Crippen molar-refractivity contribution >= 4 is 29.2 Å². The van der Waals surface area contributed by atoms with E-state index in [4.69, 9.17) is 19.9 Å². The average molecular weight is 365 g/mol. The van der Waals surface area contributed by atoms with Gasteiger partial charge in [-0.2, -0.15) is 4.98 Å². The molecule has 10 heteroatoms. The number of hydrogen-bond acceptors (Lipinski definition) is 9. The molecule has 10 nitrogen and oxygen atoms in total. The van der Waals surface area contributed by atoms with Crippen LogP contribution in [-0.2, 0) is 25.5 Å². The summed E-state index contributed by atoms with van der Waals surface area (Å²) in [5.74, 6) is -0.329. The number of nitrogens with two attached hydrogens (primary N) is 1. The van der Waals surface area contributed by atoms with Gasteiger partial charge in [0.25, 0.3) is 0 Å². The molecule has 1 atom stereocenters. The number of nitrogen functional groups attached to an aromatic ring is 1. The van der Waals surface area contributed by atoms with Gasteiger partial charge in [-0.25, -0.2) is 14.8 Å². The fourth-order valence-corrected chi connectivity index (χ4v) is 2.23. The lowest BCUT2D eigenvalue weighted by Gasteiger charge is -2.17. The first-order valence-corrected chi connectivity index (χ1v) is 8.42. The summed E-state index contributed by atoms with van der Waals surface area (Å²) in [5, 5.41) is 0. The third-order valence-electron chi connectivity index (χ3n) is 3.62. The summed E-state index contributed by atoms with van der Waals surface area (Å²) in [4.78, 5) is 35.1. The van der Waals surface area contributed by atoms with Crippen molar-refractivity contribution in [2.75, 3.05) is 25.6 Å². The summed E-state index contributed by atoms with van der Waals surface area (Å²) in [5.41, 5.74) is 6.88. The number of anilines is 1. The van der Waals surface area contributed by atoms with E-state index in [0.717, 1.165) is 0 Å². The Kier molecular flexibility index (Phi) is 7.12. The molecule has 2 heterocycles. The standard InChI is InChI=1S/C16H23N5O5/c1-3-13(22)25-8-11(9-26-16(23)24-4-2)5-6-21-10-19-12-7-18-15(17)20-14(12)21/h7,10-11H,3-6,8-9H2,1-2H3,(H2,17,18,20). The molecule has 0 radical (unpaired) electrons. The van der Waals surface area contributed by atoms with Crippen LogP contribution in [0.5, 0.6) is 0 Å². The lowest BCUT2D eigenvalue weighted by molar-refractivity contribution is -0.145. The molecular formula is C16H23N5O5. The summed E-state index contributed by atoms with van der Waals surface area (Å²) in [7, 11) is 0. The molecule has 0 saturated carbocycles. The van der Waals surface area contributed by atoms with Gasteiger partial charge in [0.2, 0.25) is 5.95 Å². The average Bonchev–Trinajstić information content (AvgIpc) is 3.03. The number of aryl methyl sites for hydroxylation is 1. The maximum Gasteiger partial charge on any atom is 0.508 e. The van der Waals surface area contributed by atoms with Crippen molar-refractivity contribution in [1.29, 1.82) is 0 Å². The van der Waals surface area contributed by atoms with Gasteiger partial charge in [0.15, 0.2) is 5.65 Å². The van der Waals surface area contributed by atoms with E-state index in [1.165, 1.54) is 0 Å². The maximum atomic E-state index is 11.4. The van der Waals surface area contributed by atoms with Crippen molar-refractivity contribution in [2.45, 2.75) is 33.2 Å². The molecule has 2 aromatic heterocycles. The first-order valence-electron chi connectivity index (χ1n) is 8.42. The first-order chi connectivity index (χ1) is 12.5. The van der Waals surface area contributed by atoms with Crippen molar-refractivity contribution in [3.05, 3.63) is 12.5 Å². The molecule has 0 aliphatic heterocycles. The van der Waals surface area contributed by atoms with Crippen molar-refractivity contribution < 1.29 is 23.8 Å². The number of esters is 1. The molecule has 1 unspecified atom stereocenters. The number of ether oxygens (including phenoxy) is 3. The Labute approximate surface area is 150 Å². The number of rotatable bonds is 9. The van der Waals surface area contributed by atoms with Crippen molar-refractivity contribution in [3.8, 4) is 0 Å². The third-order valence-corrected chi connectivity index (χ3v) is 3.62. The summed E-state index contributed by atoms with van der Waals surface area (Å²) in [6.45, 7) is 4.41. The Morgan fingerprint density at radius 3 is 2.69 bits per heavy atom. The van der Waals surface area contributed by atoms with Crippen molar-refractivity contribution in [2.24, 2.45) is 5.92 Å². The molecule has 26 heavy (non-hydrogen) atoms. The highest BCUT2D eigenvalue weighted by Gasteiger charge is 2.16. The molecule has 0 spiro atoms. The monoisotopic (exact) mass is 365 g/mol. The normalized spacial score (nSPS) is 11.9. The fourth-order valence-electron chi connectivity index (χ4n) is 2.23. The second kappa shape index (κ2) is 9.54. The molecule has 0 fully saturated rings. The Balaban J connectivity index is 1.98. The molecule has 2 N–H and O–H groups in total. The van der Waals surface area contributed by atoms with E-state index in [1.807, 2.05) is 4.57 Å². The third kappa shape index (κ3) is 5.57. The first kappa shape index (κ1) is 19.4. The lowest BCUT2D eigenvalue weighted by Crippen LogP contribution is -2.22. The van der Waals surface area contributed by atoms with E-state index < -0.39 is 6.16 Å². The number of aromatic nitrogens is 4. The number of carbonyl (C=O) groups excluding carboxylic acids is 2. The van der Waals surface area contributed by atoms with E-state index in [9.17, 15) is 9.59 Å². The highest BCUT2D eigenvalue weighted by molar-refractivity contribution is 5.70. The summed E-state index contributed by atoms with van der Waals surface area (Å²) < 4.78 is 16.8. The molecule has 0 aliphatic rings. The Morgan fingerprint density at radius 2 is 1.96 bits per heavy atom. The molecule has 0 aromatic carbocycles. The zero-order chi connectivity index (χ0) is 18.9. The smallest absolute Gasteiger partial charge is 0.465 e. The van der Waals surface area contributed by atoms with Crippen LogP contribution in [0.4, 0.5) is 10.7 Å². The van der Waals surface area contributed by atoms with E-state index >= 15 is 0 Å². The van der Waals surface area contributed by atoms with Crippen LogP contribution < -0.4 is 5.73 Å². The van der Waals surface area contributed by atoms with Gasteiger partial charge in [-0.3, -0.25) is 4.79 Å². The van der Waals surface area contributed by atoms with Gasteiger partial charge < -0.3 is 24.5 Å². The van der Waals surface area contributed by atoms with Gasteiger partial charge >= 0.3 is 12.1 Å². The molecule has 142 valence electrons. The minimum Gasteiger partial charge on any atom is -0.465 e. The zero-order valence-electron chi connectivity index (χ0n) is 14.9. The Morgan fingerprint density at radius 1 is 1.19 bits per heavy atom. The van der Waals surface area contributed by atoms with Gasteiger partial charge in [0.1, 0.15) is 12.1 Å². The second-order valence-electron chi connectivity index (χ2n) is 5.56. The molecule has 2 aromatic rings. The lowest BCUT2D eigenvalue weighted by atomic mass is 10.1. The van der Waals surface area contributed by atoms with Gasteiger partial charge in [0, 0.05) is 18.9 Å². The number of imidazole rings is 1. The molecule has 0 saturated heterocycles. The van der Waals surface area contributed by atoms with Crippen LogP contribution in [0.1, 0.15) is 26.7 Å². The Bertz CT molecular complexity index is 748. The van der Waals surface area contributed by atoms with Crippen LogP contribution in [-0.4, -0.2) is 51.5 Å². The van der Waals surface area contributed by atoms with Gasteiger partial charge in [-0.1, -0.05) is 6.92 Å². The van der Waals surface area contributed by atoms with E-state index in [2.05, 4.69) is 15.0 Å². The second-order valence-corrected chi connectivity index (χ2v) is 5.56.